The van der Waals surface area contributed by atoms with Crippen LogP contribution in [0, 0.1) is 0 Å². The fourth-order valence-corrected chi connectivity index (χ4v) is 2.87. The maximum absolute atomic E-state index is 9.22. The summed E-state index contributed by atoms with van der Waals surface area (Å²) in [5.74, 6) is 0. The quantitative estimate of drug-likeness (QED) is 0.164. The van der Waals surface area contributed by atoms with Gasteiger partial charge >= 0.3 is 0 Å². The molecular formula is C25H31N5O4S. The molecule has 0 atom stereocenters. The summed E-state index contributed by atoms with van der Waals surface area (Å²) in [6.45, 7) is 0. The van der Waals surface area contributed by atoms with Crippen molar-refractivity contribution in [2.75, 3.05) is 45.1 Å². The number of aromatic nitrogens is 1. The molecule has 35 heavy (non-hydrogen) atoms. The monoisotopic (exact) mass is 497 g/mol. The Kier molecular flexibility index (Phi) is 10.1. The predicted molar refractivity (Wildman–Crippen MR) is 139 cm³/mol. The van der Waals surface area contributed by atoms with Crippen LogP contribution in [0.25, 0.3) is 0 Å². The van der Waals surface area contributed by atoms with Crippen LogP contribution in [0.3, 0.4) is 0 Å². The molecule has 0 fully saturated rings. The molecule has 9 nitrogen and oxygen atoms in total. The smallest absolute Gasteiger partial charge is 0.217 e. The third-order valence-corrected chi connectivity index (χ3v) is 5.30. The van der Waals surface area contributed by atoms with Crippen LogP contribution in [-0.2, 0) is 21.6 Å². The Labute approximate surface area is 207 Å². The number of benzene rings is 2. The molecule has 0 saturated heterocycles. The van der Waals surface area contributed by atoms with Crippen molar-refractivity contribution in [1.82, 2.24) is 0 Å². The normalized spacial score (nSPS) is 10.9. The number of hydrogen-bond donors (Lipinski definition) is 0. The third kappa shape index (κ3) is 9.28. The van der Waals surface area contributed by atoms with Crippen molar-refractivity contribution in [1.29, 1.82) is 0 Å². The van der Waals surface area contributed by atoms with E-state index in [9.17, 15) is 13.0 Å². The van der Waals surface area contributed by atoms with Gasteiger partial charge in [0.05, 0.1) is 13.3 Å². The zero-order chi connectivity index (χ0) is 26.0. The first-order chi connectivity index (χ1) is 16.5. The summed E-state index contributed by atoms with van der Waals surface area (Å²) in [5.41, 5.74) is 6.22. The molecule has 0 bridgehead atoms. The molecule has 1 heterocycles. The second-order valence-corrected chi connectivity index (χ2v) is 9.10. The highest BCUT2D eigenvalue weighted by molar-refractivity contribution is 7.80. The van der Waals surface area contributed by atoms with Gasteiger partial charge in [-0.3, -0.25) is 4.18 Å². The summed E-state index contributed by atoms with van der Waals surface area (Å²) in [5, 5.41) is 8.96. The Morgan fingerprint density at radius 1 is 0.857 bits per heavy atom. The van der Waals surface area contributed by atoms with Crippen LogP contribution in [0.5, 0.6) is 0 Å². The Bertz CT molecular complexity index is 1180. The van der Waals surface area contributed by atoms with Gasteiger partial charge in [-0.15, -0.1) is 5.10 Å². The molecule has 0 amide bonds. The number of aryl methyl sites for hydroxylation is 1. The minimum atomic E-state index is -4.41. The Morgan fingerprint density at radius 2 is 1.26 bits per heavy atom. The van der Waals surface area contributed by atoms with E-state index in [-0.39, 0.29) is 0 Å². The number of rotatable bonds is 7. The second kappa shape index (κ2) is 12.7. The maximum atomic E-state index is 9.22. The van der Waals surface area contributed by atoms with Crippen LogP contribution >= 0.6 is 0 Å². The second-order valence-electron chi connectivity index (χ2n) is 7.95. The highest BCUT2D eigenvalue weighted by Gasteiger charge is 2.09. The van der Waals surface area contributed by atoms with Crippen molar-refractivity contribution in [3.05, 3.63) is 89.7 Å². The molecule has 1 aromatic heterocycles. The lowest BCUT2D eigenvalue weighted by Gasteiger charge is -2.15. The SMILES string of the molecule is CN(C)c1ccc(C(=NN=Cc2cc[n+](C)cc2)c2ccc(N(C)C)cc2)cc1.COS(=O)(=O)[O-]. The molecule has 10 heteroatoms. The molecule has 0 radical (unpaired) electrons. The lowest BCUT2D eigenvalue weighted by atomic mass is 10.0. The first kappa shape index (κ1) is 27.6. The molecule has 0 aliphatic carbocycles. The standard InChI is InChI=1S/C24H28N5.CH4O4S/c1-27(2)22-10-6-20(7-11-22)24(21-8-12-23(13-9-21)28(3)4)26-25-18-19-14-16-29(5)17-15-19;1-5-6(2,3)4/h6-18H,1-5H3;1H3,(H,2,3,4)/q+1;/p-1. The van der Waals surface area contributed by atoms with Gasteiger partial charge in [0.2, 0.25) is 10.4 Å². The summed E-state index contributed by atoms with van der Waals surface area (Å²) in [4.78, 5) is 4.17. The first-order valence-electron chi connectivity index (χ1n) is 10.6. The number of anilines is 2. The summed E-state index contributed by atoms with van der Waals surface area (Å²) in [6, 6.07) is 20.8. The minimum absolute atomic E-state index is 0.808. The molecule has 0 aliphatic heterocycles. The minimum Gasteiger partial charge on any atom is -0.726 e. The summed E-state index contributed by atoms with van der Waals surface area (Å²) in [7, 11) is 6.53. The molecule has 0 aliphatic rings. The Balaban J connectivity index is 0.000000641. The molecule has 0 N–H and O–H groups in total. The fourth-order valence-electron chi connectivity index (χ4n) is 2.87. The highest BCUT2D eigenvalue weighted by Crippen LogP contribution is 2.19. The largest absolute Gasteiger partial charge is 0.726 e. The van der Waals surface area contributed by atoms with E-state index in [0.29, 0.717) is 0 Å². The predicted octanol–water partition coefficient (Wildman–Crippen LogP) is 2.61. The lowest BCUT2D eigenvalue weighted by Crippen LogP contribution is -2.25. The highest BCUT2D eigenvalue weighted by atomic mass is 32.3. The van der Waals surface area contributed by atoms with Gasteiger partial charge in [0.1, 0.15) is 12.8 Å². The van der Waals surface area contributed by atoms with Gasteiger partial charge in [-0.25, -0.2) is 13.0 Å². The van der Waals surface area contributed by atoms with Gasteiger partial charge in [0.25, 0.3) is 0 Å². The van der Waals surface area contributed by atoms with Crippen molar-refractivity contribution in [3.63, 3.8) is 0 Å². The van der Waals surface area contributed by atoms with Gasteiger partial charge in [-0.1, -0.05) is 24.3 Å². The van der Waals surface area contributed by atoms with Crippen molar-refractivity contribution in [2.24, 2.45) is 17.3 Å². The van der Waals surface area contributed by atoms with Gasteiger partial charge in [0.15, 0.2) is 12.4 Å². The number of pyridine rings is 1. The molecule has 2 aromatic carbocycles. The van der Waals surface area contributed by atoms with Crippen LogP contribution in [0.2, 0.25) is 0 Å². The van der Waals surface area contributed by atoms with Gasteiger partial charge in [-0.05, 0) is 24.3 Å². The van der Waals surface area contributed by atoms with E-state index in [2.05, 4.69) is 72.7 Å². The molecule has 0 spiro atoms. The topological polar surface area (TPSA) is 102 Å². The Morgan fingerprint density at radius 3 is 1.60 bits per heavy atom. The molecule has 3 rings (SSSR count). The van der Waals surface area contributed by atoms with Gasteiger partial charge in [-0.2, -0.15) is 5.10 Å². The summed E-state index contributed by atoms with van der Waals surface area (Å²) in [6.07, 6.45) is 5.76. The third-order valence-electron chi connectivity index (χ3n) is 4.89. The van der Waals surface area contributed by atoms with E-state index in [1.165, 1.54) is 0 Å². The van der Waals surface area contributed by atoms with Crippen molar-refractivity contribution in [3.8, 4) is 0 Å². The van der Waals surface area contributed by atoms with Crippen molar-refractivity contribution < 1.29 is 21.7 Å². The average molecular weight is 498 g/mol. The van der Waals surface area contributed by atoms with Crippen LogP contribution < -0.4 is 14.4 Å². The first-order valence-corrected chi connectivity index (χ1v) is 12.0. The molecule has 0 saturated carbocycles. The molecule has 186 valence electrons. The Hall–Kier alpha value is -3.60. The maximum Gasteiger partial charge on any atom is 0.217 e. The molecular weight excluding hydrogens is 466 g/mol. The molecule has 3 aromatic rings. The van der Waals surface area contributed by atoms with E-state index < -0.39 is 10.4 Å². The van der Waals surface area contributed by atoms with Gasteiger partial charge in [0, 0.05) is 68.4 Å². The van der Waals surface area contributed by atoms with Crippen LogP contribution in [0.1, 0.15) is 16.7 Å². The van der Waals surface area contributed by atoms with E-state index in [1.54, 1.807) is 6.21 Å². The number of nitrogens with zero attached hydrogens (tertiary/aromatic N) is 5. The molecule has 0 unspecified atom stereocenters. The van der Waals surface area contributed by atoms with E-state index in [4.69, 9.17) is 0 Å². The van der Waals surface area contributed by atoms with Crippen LogP contribution in [0.4, 0.5) is 11.4 Å². The van der Waals surface area contributed by atoms with Gasteiger partial charge < -0.3 is 14.4 Å². The lowest BCUT2D eigenvalue weighted by molar-refractivity contribution is -0.671. The van der Waals surface area contributed by atoms with Crippen LogP contribution in [0.15, 0.2) is 83.3 Å². The zero-order valence-corrected chi connectivity index (χ0v) is 21.6. The van der Waals surface area contributed by atoms with Crippen LogP contribution in [-0.4, -0.2) is 60.2 Å². The summed E-state index contributed by atoms with van der Waals surface area (Å²) >= 11 is 0. The van der Waals surface area contributed by atoms with Crippen molar-refractivity contribution in [2.45, 2.75) is 0 Å². The van der Waals surface area contributed by atoms with E-state index >= 15 is 0 Å². The van der Waals surface area contributed by atoms with E-state index in [0.717, 1.165) is 40.9 Å². The van der Waals surface area contributed by atoms with E-state index in [1.807, 2.05) is 64.3 Å². The van der Waals surface area contributed by atoms with Crippen molar-refractivity contribution >= 4 is 33.7 Å². The fraction of sp³-hybridized carbons (Fsp3) is 0.240. The number of hydrogen-bond acceptors (Lipinski definition) is 8. The summed E-state index contributed by atoms with van der Waals surface area (Å²) < 4.78 is 33.0. The average Bonchev–Trinajstić information content (AvgIpc) is 2.83. The zero-order valence-electron chi connectivity index (χ0n) is 20.8.